The highest BCUT2D eigenvalue weighted by Gasteiger charge is 2.25. The molecule has 10 heteroatoms. The molecule has 1 aliphatic heterocycles. The molecule has 3 aromatic rings. The van der Waals surface area contributed by atoms with Gasteiger partial charge < -0.3 is 15.0 Å². The number of fused-ring (bicyclic) bond motifs is 1. The summed E-state index contributed by atoms with van der Waals surface area (Å²) in [7, 11) is 0. The second-order valence-corrected chi connectivity index (χ2v) is 7.93. The smallest absolute Gasteiger partial charge is 0.296 e. The molecule has 8 nitrogen and oxygen atoms in total. The molecule has 5 rings (SSSR count). The first-order chi connectivity index (χ1) is 15.2. The van der Waals surface area contributed by atoms with Crippen LogP contribution in [-0.4, -0.2) is 56.8 Å². The van der Waals surface area contributed by atoms with Gasteiger partial charge in [-0.05, 0) is 25.0 Å². The van der Waals surface area contributed by atoms with Crippen molar-refractivity contribution in [3.05, 3.63) is 30.1 Å². The first-order valence-electron chi connectivity index (χ1n) is 10.8. The van der Waals surface area contributed by atoms with Crippen molar-refractivity contribution >= 4 is 22.9 Å². The molecule has 0 bridgehead atoms. The highest BCUT2D eigenvalue weighted by atomic mass is 19.3. The molecule has 1 saturated heterocycles. The molecule has 164 valence electrons. The second-order valence-electron chi connectivity index (χ2n) is 7.93. The molecule has 2 aromatic heterocycles. The third kappa shape index (κ3) is 4.16. The first-order valence-corrected chi connectivity index (χ1v) is 10.8. The molecular formula is C21H25F2N7O. The number of imidazole rings is 1. The molecule has 2 fully saturated rings. The number of nitrogens with zero attached hydrogens (tertiary/aromatic N) is 6. The number of benzene rings is 1. The minimum atomic E-state index is -2.76. The normalized spacial score (nSPS) is 18.1. The highest BCUT2D eigenvalue weighted by molar-refractivity contribution is 5.77. The van der Waals surface area contributed by atoms with Gasteiger partial charge in [-0.2, -0.15) is 15.0 Å². The van der Waals surface area contributed by atoms with E-state index in [1.807, 2.05) is 4.90 Å². The monoisotopic (exact) mass is 429 g/mol. The Hall–Kier alpha value is -2.88. The van der Waals surface area contributed by atoms with E-state index in [2.05, 4.69) is 25.3 Å². The Morgan fingerprint density at radius 3 is 2.45 bits per heavy atom. The quantitative estimate of drug-likeness (QED) is 0.662. The molecule has 0 atom stereocenters. The van der Waals surface area contributed by atoms with Gasteiger partial charge in [0.15, 0.2) is 5.82 Å². The van der Waals surface area contributed by atoms with E-state index in [0.29, 0.717) is 49.2 Å². The molecule has 3 heterocycles. The van der Waals surface area contributed by atoms with E-state index in [4.69, 9.17) is 4.74 Å². The maximum absolute atomic E-state index is 13.9. The summed E-state index contributed by atoms with van der Waals surface area (Å²) in [5.74, 6) is 0.656. The summed E-state index contributed by atoms with van der Waals surface area (Å²) in [4.78, 5) is 19.9. The van der Waals surface area contributed by atoms with E-state index in [0.717, 1.165) is 25.7 Å². The maximum Gasteiger partial charge on any atom is 0.296 e. The van der Waals surface area contributed by atoms with Crippen LogP contribution >= 0.6 is 0 Å². The average Bonchev–Trinajstić information content (AvgIpc) is 3.20. The minimum absolute atomic E-state index is 0.152. The molecule has 0 radical (unpaired) electrons. The van der Waals surface area contributed by atoms with Gasteiger partial charge in [-0.3, -0.25) is 4.57 Å². The van der Waals surface area contributed by atoms with Gasteiger partial charge >= 0.3 is 0 Å². The predicted octanol–water partition coefficient (Wildman–Crippen LogP) is 3.73. The van der Waals surface area contributed by atoms with Crippen LogP contribution in [0.5, 0.6) is 0 Å². The zero-order chi connectivity index (χ0) is 21.2. The Bertz CT molecular complexity index is 1050. The number of aromatic nitrogens is 5. The van der Waals surface area contributed by atoms with Gasteiger partial charge in [0.2, 0.25) is 17.8 Å². The summed E-state index contributed by atoms with van der Waals surface area (Å²) in [6.07, 6.45) is 2.89. The van der Waals surface area contributed by atoms with E-state index in [9.17, 15) is 8.78 Å². The largest absolute Gasteiger partial charge is 0.378 e. The van der Waals surface area contributed by atoms with Crippen LogP contribution in [0.3, 0.4) is 0 Å². The van der Waals surface area contributed by atoms with Gasteiger partial charge in [-0.1, -0.05) is 31.4 Å². The minimum Gasteiger partial charge on any atom is -0.378 e. The number of halogens is 2. The molecule has 2 aliphatic rings. The van der Waals surface area contributed by atoms with Gasteiger partial charge in [-0.15, -0.1) is 0 Å². The van der Waals surface area contributed by atoms with Gasteiger partial charge in [0, 0.05) is 19.1 Å². The average molecular weight is 429 g/mol. The standard InChI is InChI=1S/C21H25F2N7O/c22-17(23)18-25-15-8-4-5-9-16(15)30(18)21-27-19(24-14-6-2-1-3-7-14)26-20(28-21)29-10-12-31-13-11-29/h4-5,8-9,14,17H,1-3,6-7,10-13H2,(H,24,26,27,28). The van der Waals surface area contributed by atoms with Crippen molar-refractivity contribution in [2.24, 2.45) is 0 Å². The summed E-state index contributed by atoms with van der Waals surface area (Å²) in [5.41, 5.74) is 1.02. The molecule has 1 aromatic carbocycles. The van der Waals surface area contributed by atoms with Crippen LogP contribution in [-0.2, 0) is 4.74 Å². The van der Waals surface area contributed by atoms with E-state index in [-0.39, 0.29) is 17.8 Å². The van der Waals surface area contributed by atoms with Crippen LogP contribution in [0.15, 0.2) is 24.3 Å². The number of hydrogen-bond donors (Lipinski definition) is 1. The predicted molar refractivity (Wildman–Crippen MR) is 113 cm³/mol. The Morgan fingerprint density at radius 2 is 1.68 bits per heavy atom. The van der Waals surface area contributed by atoms with Crippen molar-refractivity contribution < 1.29 is 13.5 Å². The van der Waals surface area contributed by atoms with Crippen molar-refractivity contribution in [2.75, 3.05) is 36.5 Å². The number of morpholine rings is 1. The van der Waals surface area contributed by atoms with Crippen molar-refractivity contribution in [3.63, 3.8) is 0 Å². The number of hydrogen-bond acceptors (Lipinski definition) is 7. The SMILES string of the molecule is FC(F)c1nc2ccccc2n1-c1nc(NC2CCCCC2)nc(N2CCOCC2)n1. The summed E-state index contributed by atoms with van der Waals surface area (Å²) < 4.78 is 34.6. The van der Waals surface area contributed by atoms with E-state index >= 15 is 0 Å². The fourth-order valence-electron chi connectivity index (χ4n) is 4.25. The van der Waals surface area contributed by atoms with Gasteiger partial charge in [0.1, 0.15) is 0 Å². The Labute approximate surface area is 178 Å². The first kappa shape index (κ1) is 20.0. The second kappa shape index (κ2) is 8.70. The number of rotatable bonds is 5. The lowest BCUT2D eigenvalue weighted by Crippen LogP contribution is -2.38. The summed E-state index contributed by atoms with van der Waals surface area (Å²) in [6.45, 7) is 2.42. The molecule has 1 N–H and O–H groups in total. The van der Waals surface area contributed by atoms with Gasteiger partial charge in [0.05, 0.1) is 24.2 Å². The number of alkyl halides is 2. The summed E-state index contributed by atoms with van der Waals surface area (Å²) >= 11 is 0. The van der Waals surface area contributed by atoms with E-state index in [1.165, 1.54) is 11.0 Å². The van der Waals surface area contributed by atoms with Crippen molar-refractivity contribution in [3.8, 4) is 5.95 Å². The lowest BCUT2D eigenvalue weighted by Gasteiger charge is -2.28. The van der Waals surface area contributed by atoms with Crippen molar-refractivity contribution in [1.82, 2.24) is 24.5 Å². The number of nitrogens with one attached hydrogen (secondary N) is 1. The number of ether oxygens (including phenoxy) is 1. The van der Waals surface area contributed by atoms with Crippen LogP contribution in [0.25, 0.3) is 17.0 Å². The summed E-state index contributed by atoms with van der Waals surface area (Å²) in [5, 5.41) is 3.42. The topological polar surface area (TPSA) is 81.0 Å². The van der Waals surface area contributed by atoms with Gasteiger partial charge in [0.25, 0.3) is 6.43 Å². The van der Waals surface area contributed by atoms with Crippen LogP contribution in [0.1, 0.15) is 44.4 Å². The van der Waals surface area contributed by atoms with Crippen molar-refractivity contribution in [1.29, 1.82) is 0 Å². The highest BCUT2D eigenvalue weighted by Crippen LogP contribution is 2.28. The van der Waals surface area contributed by atoms with Crippen LogP contribution < -0.4 is 10.2 Å². The Morgan fingerprint density at radius 1 is 0.935 bits per heavy atom. The van der Waals surface area contributed by atoms with Crippen LogP contribution in [0.2, 0.25) is 0 Å². The third-order valence-electron chi connectivity index (χ3n) is 5.83. The number of anilines is 2. The van der Waals surface area contributed by atoms with E-state index < -0.39 is 6.43 Å². The maximum atomic E-state index is 13.9. The van der Waals surface area contributed by atoms with E-state index in [1.54, 1.807) is 24.3 Å². The fraction of sp³-hybridized carbons (Fsp3) is 0.524. The molecule has 0 amide bonds. The van der Waals surface area contributed by atoms with Crippen LogP contribution in [0.4, 0.5) is 20.7 Å². The molecule has 0 spiro atoms. The fourth-order valence-corrected chi connectivity index (χ4v) is 4.25. The molecular weight excluding hydrogens is 404 g/mol. The lowest BCUT2D eigenvalue weighted by atomic mass is 9.96. The van der Waals surface area contributed by atoms with Gasteiger partial charge in [-0.25, -0.2) is 13.8 Å². The number of para-hydroxylation sites is 2. The molecule has 31 heavy (non-hydrogen) atoms. The third-order valence-corrected chi connectivity index (χ3v) is 5.83. The molecule has 0 unspecified atom stereocenters. The van der Waals surface area contributed by atoms with Crippen LogP contribution in [0, 0.1) is 0 Å². The molecule has 1 saturated carbocycles. The molecule has 1 aliphatic carbocycles. The Balaban J connectivity index is 1.61. The van der Waals surface area contributed by atoms with Crippen molar-refractivity contribution in [2.45, 2.75) is 44.6 Å². The summed E-state index contributed by atoms with van der Waals surface area (Å²) in [6, 6.07) is 7.30. The zero-order valence-corrected chi connectivity index (χ0v) is 17.2. The lowest BCUT2D eigenvalue weighted by molar-refractivity contribution is 0.122. The Kier molecular flexibility index (Phi) is 5.63. The zero-order valence-electron chi connectivity index (χ0n) is 17.2.